The maximum Gasteiger partial charge on any atom is 0.433 e. The largest absolute Gasteiger partial charge is 0.433 e. The van der Waals surface area contributed by atoms with E-state index in [2.05, 4.69) is 4.99 Å². The lowest BCUT2D eigenvalue weighted by molar-refractivity contribution is -0.105. The van der Waals surface area contributed by atoms with Crippen molar-refractivity contribution in [2.75, 3.05) is 0 Å². The Bertz CT molecular complexity index is 264. The molecule has 0 amide bonds. The van der Waals surface area contributed by atoms with Crippen LogP contribution in [0, 0.1) is 0 Å². The molecule has 0 rings (SSSR count). The van der Waals surface area contributed by atoms with Crippen LogP contribution in [0.3, 0.4) is 0 Å². The van der Waals surface area contributed by atoms with E-state index in [0.717, 1.165) is 6.08 Å². The fourth-order valence-electron chi connectivity index (χ4n) is 0.830. The third-order valence-electron chi connectivity index (χ3n) is 1.37. The van der Waals surface area contributed by atoms with Crippen molar-refractivity contribution in [1.29, 1.82) is 0 Å². The highest BCUT2D eigenvalue weighted by Crippen LogP contribution is 2.22. The molecule has 0 aromatic carbocycles. The number of allylic oxidation sites excluding steroid dienone is 2. The molecule has 0 heterocycles. The van der Waals surface area contributed by atoms with Gasteiger partial charge in [-0.1, -0.05) is 6.08 Å². The second kappa shape index (κ2) is 4.93. The Morgan fingerprint density at radius 2 is 1.86 bits per heavy atom. The van der Waals surface area contributed by atoms with Gasteiger partial charge in [-0.05, 0) is 20.8 Å². The molecule has 2 nitrogen and oxygen atoms in total. The molecule has 0 saturated carbocycles. The van der Waals surface area contributed by atoms with Crippen LogP contribution in [0.1, 0.15) is 20.8 Å². The molecule has 0 unspecified atom stereocenters. The molecule has 0 aliphatic heterocycles. The molecule has 14 heavy (non-hydrogen) atoms. The zero-order chi connectivity index (χ0) is 11.4. The van der Waals surface area contributed by atoms with E-state index in [1.807, 2.05) is 0 Å². The van der Waals surface area contributed by atoms with Crippen LogP contribution in [0.25, 0.3) is 0 Å². The summed E-state index contributed by atoms with van der Waals surface area (Å²) in [4.78, 5) is 13.7. The monoisotopic (exact) mass is 207 g/mol. The molecule has 0 aliphatic carbocycles. The average Bonchev–Trinajstić information content (AvgIpc) is 2.02. The van der Waals surface area contributed by atoms with Gasteiger partial charge in [0, 0.05) is 11.6 Å². The van der Waals surface area contributed by atoms with Gasteiger partial charge in [0.1, 0.15) is 5.71 Å². The van der Waals surface area contributed by atoms with Crippen LogP contribution in [0.2, 0.25) is 0 Å². The zero-order valence-electron chi connectivity index (χ0n) is 8.22. The number of hydrogen-bond acceptors (Lipinski definition) is 2. The van der Waals surface area contributed by atoms with Gasteiger partial charge in [0.2, 0.25) is 0 Å². The lowest BCUT2D eigenvalue weighted by Gasteiger charge is -2.11. The number of halogens is 3. The SMILES string of the molecule is C/C=C(/C=O)C(=NC(C)C)C(F)(F)F. The number of aldehydes is 1. The lowest BCUT2D eigenvalue weighted by Crippen LogP contribution is -2.27. The summed E-state index contributed by atoms with van der Waals surface area (Å²) in [5, 5.41) is 0. The quantitative estimate of drug-likeness (QED) is 0.397. The summed E-state index contributed by atoms with van der Waals surface area (Å²) in [6.45, 7) is 4.40. The highest BCUT2D eigenvalue weighted by molar-refractivity contribution is 6.17. The average molecular weight is 207 g/mol. The third-order valence-corrected chi connectivity index (χ3v) is 1.37. The van der Waals surface area contributed by atoms with Crippen LogP contribution in [-0.4, -0.2) is 24.2 Å². The van der Waals surface area contributed by atoms with Crippen molar-refractivity contribution < 1.29 is 18.0 Å². The van der Waals surface area contributed by atoms with Crippen LogP contribution in [0.4, 0.5) is 13.2 Å². The van der Waals surface area contributed by atoms with E-state index < -0.39 is 23.5 Å². The number of nitrogens with zero attached hydrogens (tertiary/aromatic N) is 1. The number of rotatable bonds is 3. The van der Waals surface area contributed by atoms with Crippen molar-refractivity contribution in [2.24, 2.45) is 4.99 Å². The van der Waals surface area contributed by atoms with E-state index in [1.165, 1.54) is 20.8 Å². The molecule has 5 heteroatoms. The van der Waals surface area contributed by atoms with Gasteiger partial charge in [0.15, 0.2) is 6.29 Å². The third kappa shape index (κ3) is 3.72. The fraction of sp³-hybridized carbons (Fsp3) is 0.556. The van der Waals surface area contributed by atoms with Crippen molar-refractivity contribution >= 4 is 12.0 Å². The molecule has 0 radical (unpaired) electrons. The second-order valence-corrected chi connectivity index (χ2v) is 2.93. The van der Waals surface area contributed by atoms with Gasteiger partial charge in [-0.15, -0.1) is 0 Å². The van der Waals surface area contributed by atoms with Crippen molar-refractivity contribution in [3.8, 4) is 0 Å². The normalized spacial score (nSPS) is 14.8. The van der Waals surface area contributed by atoms with Gasteiger partial charge in [-0.2, -0.15) is 13.2 Å². The van der Waals surface area contributed by atoms with Crippen molar-refractivity contribution in [3.05, 3.63) is 11.6 Å². The molecule has 0 bridgehead atoms. The Morgan fingerprint density at radius 1 is 1.36 bits per heavy atom. The molecule has 0 aromatic rings. The summed E-state index contributed by atoms with van der Waals surface area (Å²) in [5.41, 5.74) is -1.53. The predicted molar refractivity (Wildman–Crippen MR) is 48.4 cm³/mol. The summed E-state index contributed by atoms with van der Waals surface area (Å²) in [5.74, 6) is 0. The topological polar surface area (TPSA) is 29.4 Å². The molecule has 0 aromatic heterocycles. The summed E-state index contributed by atoms with van der Waals surface area (Å²) < 4.78 is 37.1. The Hall–Kier alpha value is -1.13. The molecular formula is C9H12F3NO. The lowest BCUT2D eigenvalue weighted by atomic mass is 10.1. The maximum absolute atomic E-state index is 12.4. The van der Waals surface area contributed by atoms with Gasteiger partial charge in [0.25, 0.3) is 0 Å². The van der Waals surface area contributed by atoms with E-state index >= 15 is 0 Å². The van der Waals surface area contributed by atoms with E-state index in [9.17, 15) is 18.0 Å². The minimum Gasteiger partial charge on any atom is -0.298 e. The van der Waals surface area contributed by atoms with Gasteiger partial charge >= 0.3 is 6.18 Å². The second-order valence-electron chi connectivity index (χ2n) is 2.93. The Morgan fingerprint density at radius 3 is 2.07 bits per heavy atom. The van der Waals surface area contributed by atoms with Gasteiger partial charge < -0.3 is 0 Å². The van der Waals surface area contributed by atoms with Crippen molar-refractivity contribution in [1.82, 2.24) is 0 Å². The predicted octanol–water partition coefficient (Wildman–Crippen LogP) is 2.54. The Labute approximate surface area is 80.5 Å². The highest BCUT2D eigenvalue weighted by Gasteiger charge is 2.37. The molecule has 0 spiro atoms. The molecule has 0 N–H and O–H groups in total. The Kier molecular flexibility index (Phi) is 4.53. The first-order valence-corrected chi connectivity index (χ1v) is 4.09. The van der Waals surface area contributed by atoms with Gasteiger partial charge in [-0.25, -0.2) is 0 Å². The minimum atomic E-state index is -4.58. The van der Waals surface area contributed by atoms with E-state index in [0.29, 0.717) is 0 Å². The molecule has 0 aliphatic rings. The van der Waals surface area contributed by atoms with Crippen LogP contribution < -0.4 is 0 Å². The van der Waals surface area contributed by atoms with Crippen LogP contribution in [0.15, 0.2) is 16.6 Å². The first-order chi connectivity index (χ1) is 6.32. The molecule has 0 atom stereocenters. The summed E-state index contributed by atoms with van der Waals surface area (Å²) >= 11 is 0. The van der Waals surface area contributed by atoms with Gasteiger partial charge in [0.05, 0.1) is 0 Å². The summed E-state index contributed by atoms with van der Waals surface area (Å²) in [6, 6.07) is -0.499. The zero-order valence-corrected chi connectivity index (χ0v) is 8.22. The minimum absolute atomic E-state index is 0.161. The molecule has 0 saturated heterocycles. The number of alkyl halides is 3. The van der Waals surface area contributed by atoms with E-state index in [4.69, 9.17) is 0 Å². The fourth-order valence-corrected chi connectivity index (χ4v) is 0.830. The first-order valence-electron chi connectivity index (χ1n) is 4.09. The van der Waals surface area contributed by atoms with Crippen LogP contribution >= 0.6 is 0 Å². The standard InChI is InChI=1S/C9H12F3NO/c1-4-7(5-14)8(9(10,11)12)13-6(2)3/h4-6H,1-3H3/b7-4-,13-8?. The number of aliphatic imine (C=N–C) groups is 1. The van der Waals surface area contributed by atoms with E-state index in [-0.39, 0.29) is 6.29 Å². The van der Waals surface area contributed by atoms with Crippen molar-refractivity contribution in [3.63, 3.8) is 0 Å². The summed E-state index contributed by atoms with van der Waals surface area (Å²) in [7, 11) is 0. The molecular weight excluding hydrogens is 195 g/mol. The first kappa shape index (κ1) is 12.9. The summed E-state index contributed by atoms with van der Waals surface area (Å²) in [6.07, 6.45) is -3.32. The number of hydrogen-bond donors (Lipinski definition) is 0. The van der Waals surface area contributed by atoms with E-state index in [1.54, 1.807) is 0 Å². The van der Waals surface area contributed by atoms with Crippen molar-refractivity contribution in [2.45, 2.75) is 33.0 Å². The van der Waals surface area contributed by atoms with Crippen LogP contribution in [0.5, 0.6) is 0 Å². The Balaban J connectivity index is 5.22. The number of carbonyl (C=O) groups excluding carboxylic acids is 1. The highest BCUT2D eigenvalue weighted by atomic mass is 19.4. The molecule has 0 fully saturated rings. The van der Waals surface area contributed by atoms with Gasteiger partial charge in [-0.3, -0.25) is 9.79 Å². The number of carbonyl (C=O) groups is 1. The smallest absolute Gasteiger partial charge is 0.298 e. The molecule has 80 valence electrons. The maximum atomic E-state index is 12.4. The van der Waals surface area contributed by atoms with Crippen LogP contribution in [-0.2, 0) is 4.79 Å².